The van der Waals surface area contributed by atoms with Gasteiger partial charge in [-0.2, -0.15) is 0 Å². The second-order valence-corrected chi connectivity index (χ2v) is 3.38. The molecule has 2 rings (SSSR count). The van der Waals surface area contributed by atoms with E-state index in [4.69, 9.17) is 5.73 Å². The molecule has 3 nitrogen and oxygen atoms in total. The Balaban J connectivity index is 0.000000980. The molecule has 1 aromatic rings. The number of aryl methyl sites for hydroxylation is 1. The summed E-state index contributed by atoms with van der Waals surface area (Å²) in [6, 6.07) is 4.25. The summed E-state index contributed by atoms with van der Waals surface area (Å²) in [5.41, 5.74) is 7.91. The number of anilines is 1. The van der Waals surface area contributed by atoms with Gasteiger partial charge in [0.15, 0.2) is 0 Å². The van der Waals surface area contributed by atoms with Crippen molar-refractivity contribution in [3.8, 4) is 0 Å². The summed E-state index contributed by atoms with van der Waals surface area (Å²) in [4.78, 5) is 4.51. The van der Waals surface area contributed by atoms with E-state index in [0.717, 1.165) is 30.9 Å². The first-order chi connectivity index (χ1) is 6.40. The number of fused-ring (bicyclic) bond motifs is 1. The van der Waals surface area contributed by atoms with Crippen LogP contribution < -0.4 is 11.1 Å². The van der Waals surface area contributed by atoms with Crippen molar-refractivity contribution in [3.63, 3.8) is 0 Å². The Morgan fingerprint density at radius 2 is 2.29 bits per heavy atom. The highest BCUT2D eigenvalue weighted by Crippen LogP contribution is 2.19. The molecule has 1 aliphatic rings. The van der Waals surface area contributed by atoms with Crippen molar-refractivity contribution in [2.24, 2.45) is 5.73 Å². The van der Waals surface area contributed by atoms with E-state index < -0.39 is 0 Å². The van der Waals surface area contributed by atoms with Gasteiger partial charge in [-0.15, -0.1) is 12.4 Å². The Kier molecular flexibility index (Phi) is 4.17. The van der Waals surface area contributed by atoms with E-state index in [0.29, 0.717) is 6.54 Å². The van der Waals surface area contributed by atoms with Crippen LogP contribution in [0.2, 0.25) is 0 Å². The summed E-state index contributed by atoms with van der Waals surface area (Å²) in [6.45, 7) is 1.72. The van der Waals surface area contributed by atoms with Crippen LogP contribution in [-0.2, 0) is 12.8 Å². The monoisotopic (exact) mass is 213 g/mol. The molecule has 4 heteroatoms. The molecule has 1 aliphatic heterocycles. The molecule has 0 aromatic carbocycles. The Morgan fingerprint density at radius 3 is 3.07 bits per heavy atom. The smallest absolute Gasteiger partial charge is 0.129 e. The van der Waals surface area contributed by atoms with Gasteiger partial charge in [-0.1, -0.05) is 6.07 Å². The standard InChI is InChI=1S/C10H15N3.ClH/c11-6-5-9-4-3-8-2-1-7-12-10(8)13-9;/h3-4H,1-2,5-7,11H2,(H,12,13);1H. The third-order valence-corrected chi connectivity index (χ3v) is 2.35. The Hall–Kier alpha value is -0.800. The third kappa shape index (κ3) is 2.36. The quantitative estimate of drug-likeness (QED) is 0.780. The zero-order valence-corrected chi connectivity index (χ0v) is 8.94. The van der Waals surface area contributed by atoms with Crippen molar-refractivity contribution in [2.75, 3.05) is 18.4 Å². The number of nitrogens with zero attached hydrogens (tertiary/aromatic N) is 1. The molecule has 0 radical (unpaired) electrons. The van der Waals surface area contributed by atoms with Gasteiger partial charge < -0.3 is 11.1 Å². The van der Waals surface area contributed by atoms with Crippen LogP contribution in [-0.4, -0.2) is 18.1 Å². The summed E-state index contributed by atoms with van der Waals surface area (Å²) in [6.07, 6.45) is 3.23. The van der Waals surface area contributed by atoms with E-state index in [1.807, 2.05) is 0 Å². The van der Waals surface area contributed by atoms with E-state index in [1.165, 1.54) is 12.0 Å². The number of hydrogen-bond acceptors (Lipinski definition) is 3. The second-order valence-electron chi connectivity index (χ2n) is 3.38. The minimum absolute atomic E-state index is 0. The molecule has 14 heavy (non-hydrogen) atoms. The molecule has 0 saturated heterocycles. The van der Waals surface area contributed by atoms with Crippen molar-refractivity contribution < 1.29 is 0 Å². The molecule has 2 heterocycles. The van der Waals surface area contributed by atoms with Gasteiger partial charge in [0.1, 0.15) is 5.82 Å². The summed E-state index contributed by atoms with van der Waals surface area (Å²) < 4.78 is 0. The molecule has 0 aliphatic carbocycles. The predicted molar refractivity (Wildman–Crippen MR) is 61.1 cm³/mol. The van der Waals surface area contributed by atoms with Crippen molar-refractivity contribution >= 4 is 18.2 Å². The van der Waals surface area contributed by atoms with Crippen LogP contribution in [0.4, 0.5) is 5.82 Å². The minimum Gasteiger partial charge on any atom is -0.370 e. The molecule has 3 N–H and O–H groups in total. The van der Waals surface area contributed by atoms with Gasteiger partial charge in [-0.05, 0) is 31.0 Å². The number of hydrogen-bond donors (Lipinski definition) is 2. The van der Waals surface area contributed by atoms with Gasteiger partial charge in [0.05, 0.1) is 0 Å². The van der Waals surface area contributed by atoms with Crippen LogP contribution in [0.25, 0.3) is 0 Å². The number of nitrogens with one attached hydrogen (secondary N) is 1. The third-order valence-electron chi connectivity index (χ3n) is 2.35. The molecular weight excluding hydrogens is 198 g/mol. The highest BCUT2D eigenvalue weighted by molar-refractivity contribution is 5.85. The van der Waals surface area contributed by atoms with Gasteiger partial charge in [0.25, 0.3) is 0 Å². The first-order valence-electron chi connectivity index (χ1n) is 4.83. The van der Waals surface area contributed by atoms with Crippen LogP contribution in [0.3, 0.4) is 0 Å². The highest BCUT2D eigenvalue weighted by Gasteiger charge is 2.09. The lowest BCUT2D eigenvalue weighted by atomic mass is 10.1. The summed E-state index contributed by atoms with van der Waals surface area (Å²) in [5, 5.41) is 3.31. The van der Waals surface area contributed by atoms with Gasteiger partial charge in [-0.3, -0.25) is 0 Å². The molecule has 0 fully saturated rings. The molecule has 0 bridgehead atoms. The average Bonchev–Trinajstić information content (AvgIpc) is 2.18. The second kappa shape index (κ2) is 5.17. The zero-order chi connectivity index (χ0) is 9.10. The first kappa shape index (κ1) is 11.3. The Bertz CT molecular complexity index is 301. The van der Waals surface area contributed by atoms with Crippen LogP contribution in [0.1, 0.15) is 17.7 Å². The SMILES string of the molecule is Cl.NCCc1ccc2c(n1)NCCC2. The van der Waals surface area contributed by atoms with Crippen molar-refractivity contribution in [1.29, 1.82) is 0 Å². The van der Waals surface area contributed by atoms with E-state index in [-0.39, 0.29) is 12.4 Å². The number of halogens is 1. The molecule has 0 spiro atoms. The first-order valence-corrected chi connectivity index (χ1v) is 4.83. The van der Waals surface area contributed by atoms with Gasteiger partial charge >= 0.3 is 0 Å². The highest BCUT2D eigenvalue weighted by atomic mass is 35.5. The van der Waals surface area contributed by atoms with Crippen LogP contribution in [0, 0.1) is 0 Å². The number of nitrogens with two attached hydrogens (primary N) is 1. The Labute approximate surface area is 90.5 Å². The fourth-order valence-corrected chi connectivity index (χ4v) is 1.66. The van der Waals surface area contributed by atoms with E-state index in [9.17, 15) is 0 Å². The zero-order valence-electron chi connectivity index (χ0n) is 8.12. The maximum Gasteiger partial charge on any atom is 0.129 e. The topological polar surface area (TPSA) is 50.9 Å². The van der Waals surface area contributed by atoms with E-state index in [2.05, 4.69) is 22.4 Å². The normalized spacial score (nSPS) is 13.8. The molecule has 1 aromatic heterocycles. The van der Waals surface area contributed by atoms with Crippen molar-refractivity contribution in [3.05, 3.63) is 23.4 Å². The molecule has 0 saturated carbocycles. The van der Waals surface area contributed by atoms with E-state index in [1.54, 1.807) is 0 Å². The predicted octanol–water partition coefficient (Wildman–Crippen LogP) is 1.36. The van der Waals surface area contributed by atoms with Gasteiger partial charge in [0.2, 0.25) is 0 Å². The maximum absolute atomic E-state index is 5.48. The summed E-state index contributed by atoms with van der Waals surface area (Å²) >= 11 is 0. The molecule has 78 valence electrons. The Morgan fingerprint density at radius 1 is 1.43 bits per heavy atom. The van der Waals surface area contributed by atoms with Crippen molar-refractivity contribution in [2.45, 2.75) is 19.3 Å². The summed E-state index contributed by atoms with van der Waals surface area (Å²) in [7, 11) is 0. The van der Waals surface area contributed by atoms with Crippen LogP contribution in [0.15, 0.2) is 12.1 Å². The van der Waals surface area contributed by atoms with Crippen LogP contribution >= 0.6 is 12.4 Å². The van der Waals surface area contributed by atoms with Gasteiger partial charge in [0, 0.05) is 18.7 Å². The van der Waals surface area contributed by atoms with Crippen LogP contribution in [0.5, 0.6) is 0 Å². The molecule has 0 atom stereocenters. The fourth-order valence-electron chi connectivity index (χ4n) is 1.66. The molecular formula is C10H16ClN3. The largest absolute Gasteiger partial charge is 0.370 e. The lowest BCUT2D eigenvalue weighted by Gasteiger charge is -2.17. The minimum atomic E-state index is 0. The molecule has 0 unspecified atom stereocenters. The number of pyridine rings is 1. The van der Waals surface area contributed by atoms with E-state index >= 15 is 0 Å². The lowest BCUT2D eigenvalue weighted by Crippen LogP contribution is -2.14. The maximum atomic E-state index is 5.48. The lowest BCUT2D eigenvalue weighted by molar-refractivity contribution is 0.807. The number of rotatable bonds is 2. The van der Waals surface area contributed by atoms with Crippen molar-refractivity contribution in [1.82, 2.24) is 4.98 Å². The molecule has 0 amide bonds. The average molecular weight is 214 g/mol. The number of aromatic nitrogens is 1. The fraction of sp³-hybridized carbons (Fsp3) is 0.500. The van der Waals surface area contributed by atoms with Gasteiger partial charge in [-0.25, -0.2) is 4.98 Å². The summed E-state index contributed by atoms with van der Waals surface area (Å²) in [5.74, 6) is 1.07.